The van der Waals surface area contributed by atoms with E-state index in [-0.39, 0.29) is 5.91 Å². The molecule has 2 aromatic heterocycles. The quantitative estimate of drug-likeness (QED) is 0.426. The maximum atomic E-state index is 12.6. The van der Waals surface area contributed by atoms with E-state index >= 15 is 0 Å². The first-order valence-corrected chi connectivity index (χ1v) is 11.7. The third-order valence-corrected chi connectivity index (χ3v) is 6.78. The van der Waals surface area contributed by atoms with Crippen molar-refractivity contribution in [2.45, 2.75) is 44.7 Å². The molecule has 1 amide bonds. The molecule has 0 atom stereocenters. The topological polar surface area (TPSA) is 50.4 Å². The van der Waals surface area contributed by atoms with E-state index in [1.54, 1.807) is 0 Å². The van der Waals surface area contributed by atoms with Crippen molar-refractivity contribution in [2.75, 3.05) is 20.1 Å². The summed E-state index contributed by atoms with van der Waals surface area (Å²) in [5.74, 6) is 0.893. The number of aromatic nitrogens is 1. The molecule has 0 aliphatic heterocycles. The van der Waals surface area contributed by atoms with Gasteiger partial charge in [-0.3, -0.25) is 4.79 Å². The number of carbonyl (C=O) groups is 1. The highest BCUT2D eigenvalue weighted by molar-refractivity contribution is 5.89. The van der Waals surface area contributed by atoms with Gasteiger partial charge >= 0.3 is 0 Å². The zero-order chi connectivity index (χ0) is 21.9. The largest absolute Gasteiger partial charge is 0.456 e. The van der Waals surface area contributed by atoms with E-state index in [0.29, 0.717) is 19.1 Å². The zero-order valence-electron chi connectivity index (χ0n) is 18.7. The van der Waals surface area contributed by atoms with Gasteiger partial charge in [0.2, 0.25) is 5.91 Å². The number of hydrogen-bond donors (Lipinski definition) is 1. The second kappa shape index (κ2) is 9.21. The van der Waals surface area contributed by atoms with Crippen LogP contribution in [0.2, 0.25) is 0 Å². The lowest BCUT2D eigenvalue weighted by Crippen LogP contribution is -2.40. The first kappa shape index (κ1) is 20.8. The van der Waals surface area contributed by atoms with E-state index in [0.717, 1.165) is 39.7 Å². The molecule has 1 aliphatic carbocycles. The number of furan rings is 1. The van der Waals surface area contributed by atoms with Crippen LogP contribution < -0.4 is 5.32 Å². The summed E-state index contributed by atoms with van der Waals surface area (Å²) in [6, 6.07) is 19.1. The number of fused-ring (bicyclic) bond motifs is 2. The van der Waals surface area contributed by atoms with Crippen LogP contribution in [0, 0.1) is 0 Å². The van der Waals surface area contributed by atoms with E-state index in [2.05, 4.69) is 53.7 Å². The Morgan fingerprint density at radius 2 is 1.91 bits per heavy atom. The summed E-state index contributed by atoms with van der Waals surface area (Å²) >= 11 is 0. The summed E-state index contributed by atoms with van der Waals surface area (Å²) in [6.45, 7) is 1.91. The second-order valence-corrected chi connectivity index (χ2v) is 8.99. The third-order valence-electron chi connectivity index (χ3n) is 6.78. The number of nitrogens with zero attached hydrogens (tertiary/aromatic N) is 2. The fraction of sp³-hybridized carbons (Fsp3) is 0.370. The molecule has 166 valence electrons. The van der Waals surface area contributed by atoms with Crippen molar-refractivity contribution in [1.82, 2.24) is 14.8 Å². The van der Waals surface area contributed by atoms with Crippen LogP contribution >= 0.6 is 0 Å². The predicted molar refractivity (Wildman–Crippen MR) is 130 cm³/mol. The molecular formula is C27H31N3O2. The van der Waals surface area contributed by atoms with Gasteiger partial charge in [0.1, 0.15) is 17.9 Å². The van der Waals surface area contributed by atoms with E-state index in [1.165, 1.54) is 32.1 Å². The summed E-state index contributed by atoms with van der Waals surface area (Å²) in [6.07, 6.45) is 8.59. The van der Waals surface area contributed by atoms with Gasteiger partial charge in [0.05, 0.1) is 0 Å². The molecule has 32 heavy (non-hydrogen) atoms. The van der Waals surface area contributed by atoms with Gasteiger partial charge in [-0.25, -0.2) is 0 Å². The van der Waals surface area contributed by atoms with Gasteiger partial charge in [-0.1, -0.05) is 49.6 Å². The van der Waals surface area contributed by atoms with Gasteiger partial charge in [-0.15, -0.1) is 0 Å². The van der Waals surface area contributed by atoms with Gasteiger partial charge < -0.3 is 19.2 Å². The fourth-order valence-corrected chi connectivity index (χ4v) is 4.89. The van der Waals surface area contributed by atoms with Crippen molar-refractivity contribution in [3.8, 4) is 11.3 Å². The highest BCUT2D eigenvalue weighted by Gasteiger charge is 2.17. The second-order valence-electron chi connectivity index (χ2n) is 8.99. The van der Waals surface area contributed by atoms with E-state index in [1.807, 2.05) is 29.0 Å². The smallest absolute Gasteiger partial charge is 0.239 e. The number of nitrogens with one attached hydrogen (secondary N) is 1. The van der Waals surface area contributed by atoms with Crippen molar-refractivity contribution >= 4 is 27.8 Å². The minimum Gasteiger partial charge on any atom is -0.456 e. The predicted octanol–water partition coefficient (Wildman–Crippen LogP) is 5.44. The summed E-state index contributed by atoms with van der Waals surface area (Å²) in [5, 5.41) is 5.31. The number of likely N-dealkylation sites (N-methyl/N-ethyl adjacent to an activating group) is 1. The molecular weight excluding hydrogens is 398 g/mol. The van der Waals surface area contributed by atoms with E-state index < -0.39 is 0 Å². The number of rotatable bonds is 7. The van der Waals surface area contributed by atoms with Gasteiger partial charge in [0.15, 0.2) is 0 Å². The Labute approximate surface area is 189 Å². The number of para-hydroxylation sites is 1. The highest BCUT2D eigenvalue weighted by Crippen LogP contribution is 2.30. The monoisotopic (exact) mass is 429 g/mol. The zero-order valence-corrected chi connectivity index (χ0v) is 18.7. The van der Waals surface area contributed by atoms with Gasteiger partial charge in [0.25, 0.3) is 0 Å². The molecule has 2 aromatic carbocycles. The van der Waals surface area contributed by atoms with Crippen molar-refractivity contribution in [1.29, 1.82) is 0 Å². The molecule has 0 unspecified atom stereocenters. The van der Waals surface area contributed by atoms with E-state index in [4.69, 9.17) is 4.42 Å². The Bertz CT molecular complexity index is 1180. The lowest BCUT2D eigenvalue weighted by Gasteiger charge is -2.31. The Hall–Kier alpha value is -3.05. The maximum absolute atomic E-state index is 12.6. The number of benzene rings is 2. The van der Waals surface area contributed by atoms with Gasteiger partial charge in [-0.05, 0) is 49.5 Å². The number of hydrogen-bond acceptors (Lipinski definition) is 3. The van der Waals surface area contributed by atoms with E-state index in [9.17, 15) is 4.79 Å². The summed E-state index contributed by atoms with van der Waals surface area (Å²) in [5.41, 5.74) is 2.94. The summed E-state index contributed by atoms with van der Waals surface area (Å²) in [7, 11) is 2.18. The average molecular weight is 430 g/mol. The molecule has 5 heteroatoms. The molecule has 1 fully saturated rings. The first-order valence-electron chi connectivity index (χ1n) is 11.7. The van der Waals surface area contributed by atoms with Crippen LogP contribution in [0.1, 0.15) is 32.1 Å². The van der Waals surface area contributed by atoms with Gasteiger partial charge in [-0.2, -0.15) is 0 Å². The van der Waals surface area contributed by atoms with Crippen LogP contribution in [-0.2, 0) is 11.3 Å². The van der Waals surface area contributed by atoms with Crippen LogP contribution in [0.25, 0.3) is 33.2 Å². The Morgan fingerprint density at radius 3 is 2.75 bits per heavy atom. The molecule has 0 spiro atoms. The first-order chi connectivity index (χ1) is 15.7. The molecule has 4 aromatic rings. The lowest BCUT2D eigenvalue weighted by molar-refractivity contribution is -0.121. The van der Waals surface area contributed by atoms with Crippen LogP contribution in [0.4, 0.5) is 0 Å². The van der Waals surface area contributed by atoms with Crippen molar-refractivity contribution in [3.63, 3.8) is 0 Å². The number of carbonyl (C=O) groups excluding carboxylic acids is 1. The molecule has 5 rings (SSSR count). The average Bonchev–Trinajstić information content (AvgIpc) is 3.43. The molecule has 0 saturated heterocycles. The Balaban J connectivity index is 1.24. The lowest BCUT2D eigenvalue weighted by atomic mass is 9.94. The molecule has 1 aliphatic rings. The molecule has 0 bridgehead atoms. The summed E-state index contributed by atoms with van der Waals surface area (Å²) < 4.78 is 8.05. The summed E-state index contributed by atoms with van der Waals surface area (Å²) in [4.78, 5) is 15.0. The van der Waals surface area contributed by atoms with Crippen LogP contribution in [0.3, 0.4) is 0 Å². The standard InChI is InChI=1S/C27H31N3O2/c1-29(23-8-3-2-4-9-23)16-14-28-27(31)19-30-15-13-20-11-12-22(17-24(20)30)26-18-21-7-5-6-10-25(21)32-26/h5-7,10-13,15,17-18,23H,2-4,8-9,14,16,19H2,1H3,(H,28,31). The van der Waals surface area contributed by atoms with Crippen LogP contribution in [0.5, 0.6) is 0 Å². The molecule has 1 saturated carbocycles. The minimum atomic E-state index is 0.0497. The molecule has 1 N–H and O–H groups in total. The Kier molecular flexibility index (Phi) is 5.99. The Morgan fingerprint density at radius 1 is 1.06 bits per heavy atom. The van der Waals surface area contributed by atoms with Crippen LogP contribution in [-0.4, -0.2) is 41.6 Å². The van der Waals surface area contributed by atoms with Crippen LogP contribution in [0.15, 0.2) is 65.2 Å². The minimum absolute atomic E-state index is 0.0497. The third kappa shape index (κ3) is 4.44. The van der Waals surface area contributed by atoms with Crippen molar-refractivity contribution in [3.05, 3.63) is 60.8 Å². The van der Waals surface area contributed by atoms with Crippen molar-refractivity contribution in [2.24, 2.45) is 0 Å². The maximum Gasteiger partial charge on any atom is 0.239 e. The number of amides is 1. The van der Waals surface area contributed by atoms with Crippen molar-refractivity contribution < 1.29 is 9.21 Å². The fourth-order valence-electron chi connectivity index (χ4n) is 4.89. The molecule has 5 nitrogen and oxygen atoms in total. The normalized spacial score (nSPS) is 15.1. The SMILES string of the molecule is CN(CCNC(=O)Cn1ccc2ccc(-c3cc4ccccc4o3)cc21)C1CCCCC1. The van der Waals surface area contributed by atoms with Gasteiger partial charge in [0, 0.05) is 41.8 Å². The molecule has 2 heterocycles. The highest BCUT2D eigenvalue weighted by atomic mass is 16.3. The molecule has 0 radical (unpaired) electrons.